The lowest BCUT2D eigenvalue weighted by molar-refractivity contribution is 0.536. The predicted octanol–water partition coefficient (Wildman–Crippen LogP) is 2.83. The number of rotatable bonds is 1. The van der Waals surface area contributed by atoms with Crippen LogP contribution in [0.5, 0.6) is 0 Å². The molecule has 0 unspecified atom stereocenters. The highest BCUT2D eigenvalue weighted by atomic mass is 15.5. The van der Waals surface area contributed by atoms with Crippen LogP contribution in [0.25, 0.3) is 0 Å². The quantitative estimate of drug-likeness (QED) is 0.633. The summed E-state index contributed by atoms with van der Waals surface area (Å²) in [7, 11) is 0. The summed E-state index contributed by atoms with van der Waals surface area (Å²) in [5.41, 5.74) is 1.21. The highest BCUT2D eigenvalue weighted by Gasteiger charge is 2.31. The SMILES string of the molecule is C1=C[C@@H]2C=NN(c3ccccc3)[C@H]2CC1. The van der Waals surface area contributed by atoms with Crippen LogP contribution in [-0.2, 0) is 0 Å². The van der Waals surface area contributed by atoms with E-state index >= 15 is 0 Å². The highest BCUT2D eigenvalue weighted by molar-refractivity contribution is 5.72. The van der Waals surface area contributed by atoms with Crippen molar-refractivity contribution in [3.8, 4) is 0 Å². The van der Waals surface area contributed by atoms with Gasteiger partial charge in [0.1, 0.15) is 0 Å². The summed E-state index contributed by atoms with van der Waals surface area (Å²) in [6, 6.07) is 11.0. The summed E-state index contributed by atoms with van der Waals surface area (Å²) in [5.74, 6) is 0.513. The molecule has 2 atom stereocenters. The van der Waals surface area contributed by atoms with E-state index in [4.69, 9.17) is 0 Å². The molecule has 1 aliphatic heterocycles. The molecule has 2 aliphatic rings. The molecule has 0 aromatic heterocycles. The van der Waals surface area contributed by atoms with Crippen LogP contribution in [0.2, 0.25) is 0 Å². The molecule has 0 bridgehead atoms. The first-order valence-electron chi connectivity index (χ1n) is 5.50. The Labute approximate surface area is 89.9 Å². The van der Waals surface area contributed by atoms with Crippen LogP contribution in [-0.4, -0.2) is 12.3 Å². The third-order valence-electron chi connectivity index (χ3n) is 3.13. The van der Waals surface area contributed by atoms with Gasteiger partial charge in [-0.3, -0.25) is 5.01 Å². The van der Waals surface area contributed by atoms with Gasteiger partial charge in [-0.05, 0) is 25.0 Å². The highest BCUT2D eigenvalue weighted by Crippen LogP contribution is 2.31. The van der Waals surface area contributed by atoms with Crippen molar-refractivity contribution in [2.45, 2.75) is 18.9 Å². The molecule has 0 N–H and O–H groups in total. The van der Waals surface area contributed by atoms with Gasteiger partial charge in [0.25, 0.3) is 0 Å². The first kappa shape index (κ1) is 8.72. The average Bonchev–Trinajstić information content (AvgIpc) is 2.74. The molecule has 1 heterocycles. The van der Waals surface area contributed by atoms with Crippen molar-refractivity contribution in [3.05, 3.63) is 42.5 Å². The number of hydrogen-bond acceptors (Lipinski definition) is 2. The van der Waals surface area contributed by atoms with Crippen molar-refractivity contribution in [1.82, 2.24) is 0 Å². The van der Waals surface area contributed by atoms with E-state index in [-0.39, 0.29) is 0 Å². The lowest BCUT2D eigenvalue weighted by atomic mass is 9.91. The molecular formula is C13H14N2. The summed E-state index contributed by atoms with van der Waals surface area (Å²) in [6.45, 7) is 0. The Bertz CT molecular complexity index is 394. The molecular weight excluding hydrogens is 184 g/mol. The van der Waals surface area contributed by atoms with Crippen molar-refractivity contribution in [1.29, 1.82) is 0 Å². The van der Waals surface area contributed by atoms with Crippen LogP contribution in [0.4, 0.5) is 5.69 Å². The van der Waals surface area contributed by atoms with Crippen LogP contribution >= 0.6 is 0 Å². The molecule has 2 heteroatoms. The fourth-order valence-corrected chi connectivity index (χ4v) is 2.35. The minimum absolute atomic E-state index is 0.513. The Morgan fingerprint density at radius 2 is 2.07 bits per heavy atom. The maximum Gasteiger partial charge on any atom is 0.0641 e. The Hall–Kier alpha value is -1.57. The maximum absolute atomic E-state index is 4.51. The molecule has 0 saturated heterocycles. The van der Waals surface area contributed by atoms with Crippen LogP contribution in [0, 0.1) is 5.92 Å². The first-order chi connectivity index (χ1) is 7.45. The first-order valence-corrected chi connectivity index (χ1v) is 5.50. The number of anilines is 1. The summed E-state index contributed by atoms with van der Waals surface area (Å²) in [6.07, 6.45) is 8.99. The van der Waals surface area contributed by atoms with E-state index in [1.54, 1.807) is 0 Å². The van der Waals surface area contributed by atoms with Gasteiger partial charge in [0.2, 0.25) is 0 Å². The minimum Gasteiger partial charge on any atom is -0.262 e. The van der Waals surface area contributed by atoms with E-state index in [9.17, 15) is 0 Å². The second-order valence-corrected chi connectivity index (χ2v) is 4.09. The fourth-order valence-electron chi connectivity index (χ4n) is 2.35. The maximum atomic E-state index is 4.51. The fraction of sp³-hybridized carbons (Fsp3) is 0.308. The monoisotopic (exact) mass is 198 g/mol. The molecule has 3 rings (SSSR count). The van der Waals surface area contributed by atoms with Gasteiger partial charge in [0, 0.05) is 12.1 Å². The number of benzene rings is 1. The smallest absolute Gasteiger partial charge is 0.0641 e. The van der Waals surface area contributed by atoms with E-state index in [1.165, 1.54) is 18.5 Å². The van der Waals surface area contributed by atoms with Crippen molar-refractivity contribution in [3.63, 3.8) is 0 Å². The lowest BCUT2D eigenvalue weighted by Gasteiger charge is -2.28. The van der Waals surface area contributed by atoms with E-state index in [0.29, 0.717) is 12.0 Å². The molecule has 15 heavy (non-hydrogen) atoms. The van der Waals surface area contributed by atoms with E-state index < -0.39 is 0 Å². The van der Waals surface area contributed by atoms with E-state index in [0.717, 1.165) is 0 Å². The number of nitrogens with zero attached hydrogens (tertiary/aromatic N) is 2. The van der Waals surface area contributed by atoms with Gasteiger partial charge >= 0.3 is 0 Å². The molecule has 0 fully saturated rings. The second kappa shape index (κ2) is 3.54. The van der Waals surface area contributed by atoms with Crippen molar-refractivity contribution in [2.24, 2.45) is 11.0 Å². The lowest BCUT2D eigenvalue weighted by Crippen LogP contribution is -2.32. The molecule has 0 radical (unpaired) electrons. The van der Waals surface area contributed by atoms with Gasteiger partial charge < -0.3 is 0 Å². The molecule has 76 valence electrons. The predicted molar refractivity (Wildman–Crippen MR) is 63.1 cm³/mol. The number of hydrazone groups is 1. The molecule has 0 saturated carbocycles. The van der Waals surface area contributed by atoms with Crippen LogP contribution < -0.4 is 5.01 Å². The van der Waals surface area contributed by atoms with Crippen LogP contribution in [0.1, 0.15) is 12.8 Å². The minimum atomic E-state index is 0.513. The van der Waals surface area contributed by atoms with E-state index in [2.05, 4.69) is 52.7 Å². The largest absolute Gasteiger partial charge is 0.262 e. The number of fused-ring (bicyclic) bond motifs is 1. The van der Waals surface area contributed by atoms with Gasteiger partial charge in [-0.1, -0.05) is 30.4 Å². The van der Waals surface area contributed by atoms with Gasteiger partial charge in [0.05, 0.1) is 11.7 Å². The number of para-hydroxylation sites is 1. The summed E-state index contributed by atoms with van der Waals surface area (Å²) >= 11 is 0. The molecule has 2 nitrogen and oxygen atoms in total. The Kier molecular flexibility index (Phi) is 2.05. The Morgan fingerprint density at radius 1 is 1.20 bits per heavy atom. The molecule has 1 aliphatic carbocycles. The third kappa shape index (κ3) is 1.46. The zero-order valence-corrected chi connectivity index (χ0v) is 8.58. The zero-order chi connectivity index (χ0) is 10.1. The van der Waals surface area contributed by atoms with Crippen LogP contribution in [0.3, 0.4) is 0 Å². The molecule has 0 spiro atoms. The van der Waals surface area contributed by atoms with Crippen molar-refractivity contribution < 1.29 is 0 Å². The zero-order valence-electron chi connectivity index (χ0n) is 8.58. The topological polar surface area (TPSA) is 15.6 Å². The van der Waals surface area contributed by atoms with Crippen LogP contribution in [0.15, 0.2) is 47.6 Å². The summed E-state index contributed by atoms with van der Waals surface area (Å²) in [5, 5.41) is 6.67. The summed E-state index contributed by atoms with van der Waals surface area (Å²) < 4.78 is 0. The van der Waals surface area contributed by atoms with Crippen molar-refractivity contribution in [2.75, 3.05) is 5.01 Å². The van der Waals surface area contributed by atoms with Gasteiger partial charge in [-0.15, -0.1) is 0 Å². The second-order valence-electron chi connectivity index (χ2n) is 4.09. The third-order valence-corrected chi connectivity index (χ3v) is 3.13. The molecule has 1 aromatic carbocycles. The number of allylic oxidation sites excluding steroid dienone is 1. The molecule has 0 amide bonds. The van der Waals surface area contributed by atoms with Gasteiger partial charge in [0.15, 0.2) is 0 Å². The Balaban J connectivity index is 1.90. The summed E-state index contributed by atoms with van der Waals surface area (Å²) in [4.78, 5) is 0. The Morgan fingerprint density at radius 3 is 2.93 bits per heavy atom. The standard InChI is InChI=1S/C13H14N2/c1-2-7-12(8-3-1)15-13-9-5-4-6-11(13)10-14-15/h1-4,6-8,10-11,13H,5,9H2/t11-,13+/m1/s1. The normalized spacial score (nSPS) is 28.1. The van der Waals surface area contributed by atoms with E-state index in [1.807, 2.05) is 6.07 Å². The molecule has 1 aromatic rings. The average molecular weight is 198 g/mol. The van der Waals surface area contributed by atoms with Gasteiger partial charge in [-0.25, -0.2) is 0 Å². The van der Waals surface area contributed by atoms with Crippen molar-refractivity contribution >= 4 is 11.9 Å². The van der Waals surface area contributed by atoms with Gasteiger partial charge in [-0.2, -0.15) is 5.10 Å². The number of hydrogen-bond donors (Lipinski definition) is 0.